The van der Waals surface area contributed by atoms with E-state index in [1.54, 1.807) is 6.92 Å². The third kappa shape index (κ3) is 4.42. The number of carbonyl (C=O) groups excluding carboxylic acids is 1. The molecule has 1 atom stereocenters. The van der Waals surface area contributed by atoms with E-state index >= 15 is 0 Å². The number of hydrogen-bond donors (Lipinski definition) is 1. The molecule has 0 radical (unpaired) electrons. The number of nitrogens with zero attached hydrogens (tertiary/aromatic N) is 1. The predicted molar refractivity (Wildman–Crippen MR) is 116 cm³/mol. The topological polar surface area (TPSA) is 41.6 Å². The summed E-state index contributed by atoms with van der Waals surface area (Å²) in [4.78, 5) is 14.4. The molecule has 0 spiro atoms. The Morgan fingerprint density at radius 2 is 1.82 bits per heavy atom. The molecule has 3 rings (SSSR count). The van der Waals surface area contributed by atoms with Gasteiger partial charge >= 0.3 is 0 Å². The van der Waals surface area contributed by atoms with Gasteiger partial charge in [0, 0.05) is 17.8 Å². The van der Waals surface area contributed by atoms with Gasteiger partial charge < -0.3 is 15.0 Å². The van der Waals surface area contributed by atoms with Gasteiger partial charge in [-0.2, -0.15) is 0 Å². The van der Waals surface area contributed by atoms with Crippen molar-refractivity contribution in [3.8, 4) is 5.75 Å². The van der Waals surface area contributed by atoms with Crippen molar-refractivity contribution < 1.29 is 9.53 Å². The van der Waals surface area contributed by atoms with E-state index in [4.69, 9.17) is 17.0 Å². The monoisotopic (exact) mass is 394 g/mol. The molecule has 0 saturated carbocycles. The Morgan fingerprint density at radius 3 is 2.43 bits per heavy atom. The van der Waals surface area contributed by atoms with Crippen LogP contribution in [0.4, 0.5) is 0 Å². The average molecular weight is 395 g/mol. The highest BCUT2D eigenvalue weighted by Gasteiger charge is 2.31. The van der Waals surface area contributed by atoms with Crippen molar-refractivity contribution in [3.63, 3.8) is 0 Å². The lowest BCUT2D eigenvalue weighted by Gasteiger charge is -2.37. The summed E-state index contributed by atoms with van der Waals surface area (Å²) in [6.45, 7) is 7.01. The molecule has 2 aromatic carbocycles. The van der Waals surface area contributed by atoms with Crippen LogP contribution in [-0.4, -0.2) is 22.3 Å². The van der Waals surface area contributed by atoms with Gasteiger partial charge in [-0.15, -0.1) is 0 Å². The summed E-state index contributed by atoms with van der Waals surface area (Å²) < 4.78 is 5.87. The second-order valence-electron chi connectivity index (χ2n) is 6.93. The van der Waals surface area contributed by atoms with Crippen molar-refractivity contribution in [2.24, 2.45) is 0 Å². The maximum Gasteiger partial charge on any atom is 0.173 e. The fraction of sp³-hybridized carbons (Fsp3) is 0.304. The molecule has 0 fully saturated rings. The number of thiocarbonyl (C=S) groups is 1. The normalized spacial score (nSPS) is 16.8. The summed E-state index contributed by atoms with van der Waals surface area (Å²) in [5, 5.41) is 4.01. The van der Waals surface area contributed by atoms with Gasteiger partial charge in [-0.3, -0.25) is 4.79 Å². The van der Waals surface area contributed by atoms with E-state index in [1.165, 1.54) is 0 Å². The predicted octanol–water partition coefficient (Wildman–Crippen LogP) is 4.77. The molecule has 1 aliphatic rings. The van der Waals surface area contributed by atoms with Gasteiger partial charge in [0.25, 0.3) is 0 Å². The Morgan fingerprint density at radius 1 is 1.14 bits per heavy atom. The second kappa shape index (κ2) is 9.02. The van der Waals surface area contributed by atoms with Crippen LogP contribution in [0.2, 0.25) is 0 Å². The van der Waals surface area contributed by atoms with Crippen LogP contribution in [0, 0.1) is 0 Å². The third-order valence-electron chi connectivity index (χ3n) is 4.88. The number of nitrogens with one attached hydrogen (secondary N) is 1. The highest BCUT2D eigenvalue weighted by Crippen LogP contribution is 2.32. The SMILES string of the molecule is CCCN1C(=S)NC(c2ccc(OCc3ccccc3)cc2)C(C(C)=O)=C1C. The van der Waals surface area contributed by atoms with Gasteiger partial charge in [0.2, 0.25) is 0 Å². The van der Waals surface area contributed by atoms with E-state index in [0.717, 1.165) is 41.1 Å². The van der Waals surface area contributed by atoms with Crippen LogP contribution in [0.1, 0.15) is 44.4 Å². The number of Topliss-reactive ketones (excluding diaryl/α,β-unsaturated/α-hetero) is 1. The number of ketones is 1. The minimum atomic E-state index is -0.235. The molecular formula is C23H26N2O2S. The quantitative estimate of drug-likeness (QED) is 0.685. The van der Waals surface area contributed by atoms with Gasteiger partial charge in [0.05, 0.1) is 6.04 Å². The van der Waals surface area contributed by atoms with Crippen LogP contribution in [0.5, 0.6) is 5.75 Å². The molecule has 1 unspecified atom stereocenters. The fourth-order valence-corrected chi connectivity index (χ4v) is 3.82. The summed E-state index contributed by atoms with van der Waals surface area (Å²) >= 11 is 5.55. The van der Waals surface area contributed by atoms with Crippen molar-refractivity contribution in [2.75, 3.05) is 6.54 Å². The first-order chi connectivity index (χ1) is 13.5. The van der Waals surface area contributed by atoms with Crippen molar-refractivity contribution in [1.82, 2.24) is 10.2 Å². The third-order valence-corrected chi connectivity index (χ3v) is 5.22. The standard InChI is InChI=1S/C23H26N2O2S/c1-4-14-25-16(2)21(17(3)26)22(24-23(25)28)19-10-12-20(13-11-19)27-15-18-8-6-5-7-9-18/h5-13,22H,4,14-15H2,1-3H3,(H,24,28). The highest BCUT2D eigenvalue weighted by atomic mass is 32.1. The molecule has 1 N–H and O–H groups in total. The lowest BCUT2D eigenvalue weighted by Crippen LogP contribution is -2.47. The maximum atomic E-state index is 12.4. The minimum absolute atomic E-state index is 0.0583. The van der Waals surface area contributed by atoms with Crippen molar-refractivity contribution >= 4 is 23.1 Å². The van der Waals surface area contributed by atoms with Crippen LogP contribution in [-0.2, 0) is 11.4 Å². The first kappa shape index (κ1) is 20.1. The maximum absolute atomic E-state index is 12.4. The summed E-state index contributed by atoms with van der Waals surface area (Å²) in [7, 11) is 0. The number of rotatable bonds is 7. The molecule has 0 aliphatic carbocycles. The first-order valence-electron chi connectivity index (χ1n) is 9.57. The number of allylic oxidation sites excluding steroid dienone is 1. The van der Waals surface area contributed by atoms with Crippen LogP contribution in [0.15, 0.2) is 65.9 Å². The Bertz CT molecular complexity index is 875. The van der Waals surface area contributed by atoms with Crippen LogP contribution in [0.3, 0.4) is 0 Å². The molecule has 4 nitrogen and oxygen atoms in total. The Hall–Kier alpha value is -2.66. The zero-order valence-electron chi connectivity index (χ0n) is 16.6. The highest BCUT2D eigenvalue weighted by molar-refractivity contribution is 7.80. The van der Waals surface area contributed by atoms with Crippen molar-refractivity contribution in [1.29, 1.82) is 0 Å². The lowest BCUT2D eigenvalue weighted by molar-refractivity contribution is -0.114. The summed E-state index contributed by atoms with van der Waals surface area (Å²) in [5.74, 6) is 0.853. The van der Waals surface area contributed by atoms with E-state index in [0.29, 0.717) is 11.7 Å². The van der Waals surface area contributed by atoms with Gasteiger partial charge in [-0.25, -0.2) is 0 Å². The molecule has 0 saturated heterocycles. The molecule has 146 valence electrons. The van der Waals surface area contributed by atoms with Gasteiger partial charge in [-0.05, 0) is 55.7 Å². The smallest absolute Gasteiger partial charge is 0.173 e. The Balaban J connectivity index is 1.80. The van der Waals surface area contributed by atoms with Crippen LogP contribution >= 0.6 is 12.2 Å². The van der Waals surface area contributed by atoms with Gasteiger partial charge in [0.15, 0.2) is 10.9 Å². The largest absolute Gasteiger partial charge is 0.489 e. The summed E-state index contributed by atoms with van der Waals surface area (Å²) in [6, 6.07) is 17.7. The lowest BCUT2D eigenvalue weighted by atomic mass is 9.92. The molecule has 28 heavy (non-hydrogen) atoms. The number of hydrogen-bond acceptors (Lipinski definition) is 3. The summed E-state index contributed by atoms with van der Waals surface area (Å²) in [5.41, 5.74) is 3.82. The van der Waals surface area contributed by atoms with E-state index in [2.05, 4.69) is 12.2 Å². The average Bonchev–Trinajstić information content (AvgIpc) is 2.70. The summed E-state index contributed by atoms with van der Waals surface area (Å²) in [6.07, 6.45) is 0.961. The first-order valence-corrected chi connectivity index (χ1v) is 9.98. The molecule has 0 aromatic heterocycles. The zero-order chi connectivity index (χ0) is 20.1. The number of carbonyl (C=O) groups is 1. The van der Waals surface area contributed by atoms with E-state index in [9.17, 15) is 4.79 Å². The van der Waals surface area contributed by atoms with Crippen LogP contribution in [0.25, 0.3) is 0 Å². The van der Waals surface area contributed by atoms with Crippen LogP contribution < -0.4 is 10.1 Å². The molecule has 1 heterocycles. The van der Waals surface area contributed by atoms with E-state index < -0.39 is 0 Å². The van der Waals surface area contributed by atoms with Gasteiger partial charge in [-0.1, -0.05) is 49.4 Å². The Kier molecular flexibility index (Phi) is 6.47. The number of ether oxygens (including phenoxy) is 1. The van der Waals surface area contributed by atoms with Gasteiger partial charge in [0.1, 0.15) is 12.4 Å². The zero-order valence-corrected chi connectivity index (χ0v) is 17.4. The molecule has 5 heteroatoms. The van der Waals surface area contributed by atoms with Crippen molar-refractivity contribution in [3.05, 3.63) is 77.0 Å². The molecule has 1 aliphatic heterocycles. The second-order valence-corrected chi connectivity index (χ2v) is 7.32. The van der Waals surface area contributed by atoms with Crippen molar-refractivity contribution in [2.45, 2.75) is 39.8 Å². The Labute approximate surface area is 172 Å². The number of benzene rings is 2. The molecule has 2 aromatic rings. The molecule has 0 bridgehead atoms. The molecular weight excluding hydrogens is 368 g/mol. The van der Waals surface area contributed by atoms with E-state index in [-0.39, 0.29) is 11.8 Å². The molecule has 0 amide bonds. The van der Waals surface area contributed by atoms with E-state index in [1.807, 2.05) is 66.4 Å². The minimum Gasteiger partial charge on any atom is -0.489 e. The fourth-order valence-electron chi connectivity index (χ4n) is 3.48.